The summed E-state index contributed by atoms with van der Waals surface area (Å²) in [6.07, 6.45) is 0.780. The van der Waals surface area contributed by atoms with Crippen LogP contribution in [0.5, 0.6) is 0 Å². The minimum Gasteiger partial charge on any atom is -0.341 e. The third-order valence-electron chi connectivity index (χ3n) is 6.82. The fraction of sp³-hybridized carbons (Fsp3) is 0.125. The quantitative estimate of drug-likeness (QED) is 0.242. The average molecular weight is 476 g/mol. The molecule has 1 heterocycles. The van der Waals surface area contributed by atoms with E-state index in [2.05, 4.69) is 73.0 Å². The first-order valence-corrected chi connectivity index (χ1v) is 13.8. The lowest BCUT2D eigenvalue weighted by molar-refractivity contribution is 0.591. The summed E-state index contributed by atoms with van der Waals surface area (Å²) in [5, 5.41) is 2.65. The van der Waals surface area contributed by atoms with Gasteiger partial charge in [-0.05, 0) is 31.0 Å². The van der Waals surface area contributed by atoms with Crippen molar-refractivity contribution in [3.63, 3.8) is 0 Å². The van der Waals surface area contributed by atoms with Gasteiger partial charge >= 0.3 is 0 Å². The van der Waals surface area contributed by atoms with Gasteiger partial charge in [0.15, 0.2) is 7.14 Å². The second kappa shape index (κ2) is 9.94. The number of aromatic nitrogens is 1. The normalized spacial score (nSPS) is 12.4. The Morgan fingerprint density at radius 2 is 1.14 bits per heavy atom. The van der Waals surface area contributed by atoms with Crippen LogP contribution in [-0.4, -0.2) is 4.57 Å². The largest absolute Gasteiger partial charge is 0.341 e. The third kappa shape index (κ3) is 4.43. The van der Waals surface area contributed by atoms with E-state index in [0.717, 1.165) is 28.0 Å². The van der Waals surface area contributed by atoms with Crippen LogP contribution in [0.4, 0.5) is 0 Å². The van der Waals surface area contributed by atoms with Crippen molar-refractivity contribution >= 4 is 23.1 Å². The maximum atomic E-state index is 15.2. The zero-order valence-corrected chi connectivity index (χ0v) is 21.1. The molecule has 4 aromatic carbocycles. The number of rotatable bonds is 7. The number of hydrogen-bond donors (Lipinski definition) is 0. The summed E-state index contributed by atoms with van der Waals surface area (Å²) in [7, 11) is -3.08. The van der Waals surface area contributed by atoms with E-state index in [1.807, 2.05) is 72.8 Å². The minimum absolute atomic E-state index is 0.114. The van der Waals surface area contributed by atoms with E-state index in [0.29, 0.717) is 0 Å². The minimum atomic E-state index is -3.08. The van der Waals surface area contributed by atoms with E-state index in [1.54, 1.807) is 0 Å². The van der Waals surface area contributed by atoms with Gasteiger partial charge in [-0.15, -0.1) is 0 Å². The molecular formula is C32H30NOP. The van der Waals surface area contributed by atoms with Crippen LogP contribution in [-0.2, 0) is 11.0 Å². The molecule has 0 radical (unpaired) electrons. The van der Waals surface area contributed by atoms with Gasteiger partial charge in [0.05, 0.1) is 6.04 Å². The van der Waals surface area contributed by atoms with E-state index in [9.17, 15) is 0 Å². The molecule has 3 heteroatoms. The maximum Gasteiger partial charge on any atom is 0.172 e. The molecule has 5 rings (SSSR count). The summed E-state index contributed by atoms with van der Waals surface area (Å²) in [4.78, 5) is 0. The van der Waals surface area contributed by atoms with Crippen molar-refractivity contribution in [2.24, 2.45) is 0 Å². The first-order chi connectivity index (χ1) is 17.1. The lowest BCUT2D eigenvalue weighted by atomic mass is 10.1. The van der Waals surface area contributed by atoms with E-state index >= 15 is 4.57 Å². The molecule has 35 heavy (non-hydrogen) atoms. The summed E-state index contributed by atoms with van der Waals surface area (Å²) >= 11 is 0. The van der Waals surface area contributed by atoms with Crippen LogP contribution in [0.15, 0.2) is 127 Å². The van der Waals surface area contributed by atoms with E-state index < -0.39 is 7.14 Å². The smallest absolute Gasteiger partial charge is 0.172 e. The Balaban J connectivity index is 1.75. The molecule has 0 aliphatic heterocycles. The molecule has 1 aromatic heterocycles. The third-order valence-corrected chi connectivity index (χ3v) is 10.0. The van der Waals surface area contributed by atoms with Crippen molar-refractivity contribution in [3.05, 3.63) is 150 Å². The summed E-state index contributed by atoms with van der Waals surface area (Å²) < 4.78 is 17.6. The standard InChI is InChI=1S/C32H30NOP/c1-25(28-17-9-4-10-18-28)33-26(2)32(24-29(33)23-27-15-7-3-8-16-27)35(34,30-19-11-5-12-20-30)31-21-13-6-14-22-31/h3-22,24-25H,23H2,1-2H3/t25-/m0/s1. The van der Waals surface area contributed by atoms with Crippen molar-refractivity contribution in [2.75, 3.05) is 0 Å². The zero-order valence-electron chi connectivity index (χ0n) is 20.2. The van der Waals surface area contributed by atoms with Gasteiger partial charge in [0.2, 0.25) is 0 Å². The Morgan fingerprint density at radius 3 is 1.66 bits per heavy atom. The van der Waals surface area contributed by atoms with E-state index in [-0.39, 0.29) is 6.04 Å². The molecule has 0 spiro atoms. The van der Waals surface area contributed by atoms with Crippen LogP contribution in [0.1, 0.15) is 35.5 Å². The average Bonchev–Trinajstić information content (AvgIpc) is 3.25. The zero-order chi connectivity index (χ0) is 24.3. The number of nitrogens with zero attached hydrogens (tertiary/aromatic N) is 1. The summed E-state index contributed by atoms with van der Waals surface area (Å²) in [6.45, 7) is 4.36. The van der Waals surface area contributed by atoms with Gasteiger partial charge < -0.3 is 9.13 Å². The van der Waals surface area contributed by atoms with E-state index in [4.69, 9.17) is 0 Å². The molecule has 0 bridgehead atoms. The fourth-order valence-corrected chi connectivity index (χ4v) is 7.99. The Kier molecular flexibility index (Phi) is 6.57. The molecule has 0 saturated carbocycles. The molecule has 0 N–H and O–H groups in total. The van der Waals surface area contributed by atoms with Crippen LogP contribution in [0.3, 0.4) is 0 Å². The van der Waals surface area contributed by atoms with Crippen molar-refractivity contribution in [1.29, 1.82) is 0 Å². The monoisotopic (exact) mass is 475 g/mol. The molecule has 0 fully saturated rings. The molecule has 0 aliphatic rings. The van der Waals surface area contributed by atoms with Crippen LogP contribution in [0, 0.1) is 6.92 Å². The predicted octanol–water partition coefficient (Wildman–Crippen LogP) is 6.64. The SMILES string of the molecule is Cc1c(P(=O)(c2ccccc2)c2ccccc2)cc(Cc2ccccc2)n1[C@@H](C)c1ccccc1. The van der Waals surface area contributed by atoms with Crippen molar-refractivity contribution in [3.8, 4) is 0 Å². The Hall–Kier alpha value is -3.61. The van der Waals surface area contributed by atoms with E-state index in [1.165, 1.54) is 16.8 Å². The predicted molar refractivity (Wildman–Crippen MR) is 148 cm³/mol. The van der Waals surface area contributed by atoms with Gasteiger partial charge in [-0.1, -0.05) is 121 Å². The van der Waals surface area contributed by atoms with Gasteiger partial charge in [0.25, 0.3) is 0 Å². The van der Waals surface area contributed by atoms with Gasteiger partial charge in [-0.2, -0.15) is 0 Å². The summed E-state index contributed by atoms with van der Waals surface area (Å²) in [6, 6.07) is 43.3. The summed E-state index contributed by atoms with van der Waals surface area (Å²) in [5.74, 6) is 0. The molecule has 174 valence electrons. The molecule has 2 nitrogen and oxygen atoms in total. The molecule has 0 amide bonds. The Bertz CT molecular complexity index is 1400. The Labute approximate surface area is 208 Å². The van der Waals surface area contributed by atoms with Crippen molar-refractivity contribution in [1.82, 2.24) is 4.57 Å². The van der Waals surface area contributed by atoms with Crippen molar-refractivity contribution in [2.45, 2.75) is 26.3 Å². The van der Waals surface area contributed by atoms with Gasteiger partial charge in [-0.3, -0.25) is 0 Å². The van der Waals surface area contributed by atoms with Gasteiger partial charge in [0, 0.05) is 33.7 Å². The molecule has 0 unspecified atom stereocenters. The second-order valence-corrected chi connectivity index (χ2v) is 11.7. The maximum absolute atomic E-state index is 15.2. The van der Waals surface area contributed by atoms with Crippen LogP contribution in [0.25, 0.3) is 0 Å². The first-order valence-electron chi connectivity index (χ1n) is 12.1. The molecule has 0 saturated heterocycles. The van der Waals surface area contributed by atoms with Gasteiger partial charge in [0.1, 0.15) is 0 Å². The highest BCUT2D eigenvalue weighted by Gasteiger charge is 2.34. The fourth-order valence-electron chi connectivity index (χ4n) is 5.05. The van der Waals surface area contributed by atoms with Crippen molar-refractivity contribution < 1.29 is 4.57 Å². The molecular weight excluding hydrogens is 445 g/mol. The topological polar surface area (TPSA) is 22.0 Å². The molecule has 0 aliphatic carbocycles. The van der Waals surface area contributed by atoms with Crippen LogP contribution >= 0.6 is 7.14 Å². The highest BCUT2D eigenvalue weighted by molar-refractivity contribution is 7.85. The van der Waals surface area contributed by atoms with Gasteiger partial charge in [-0.25, -0.2) is 0 Å². The summed E-state index contributed by atoms with van der Waals surface area (Å²) in [5.41, 5.74) is 4.71. The lowest BCUT2D eigenvalue weighted by Gasteiger charge is -2.23. The second-order valence-electron chi connectivity index (χ2n) is 9.01. The highest BCUT2D eigenvalue weighted by atomic mass is 31.2. The highest BCUT2D eigenvalue weighted by Crippen LogP contribution is 2.44. The number of benzene rings is 4. The number of hydrogen-bond acceptors (Lipinski definition) is 1. The Morgan fingerprint density at radius 1 is 0.686 bits per heavy atom. The van der Waals surface area contributed by atoms with Crippen LogP contribution in [0.2, 0.25) is 0 Å². The lowest BCUT2D eigenvalue weighted by Crippen LogP contribution is -2.26. The molecule has 1 atom stereocenters. The van der Waals surface area contributed by atoms with Crippen LogP contribution < -0.4 is 15.9 Å². The first kappa shape index (κ1) is 23.1. The molecule has 5 aromatic rings.